The van der Waals surface area contributed by atoms with Crippen molar-refractivity contribution in [3.63, 3.8) is 0 Å². The quantitative estimate of drug-likeness (QED) is 0.676. The number of ether oxygens (including phenoxy) is 1. The Hall–Kier alpha value is -2.96. The summed E-state index contributed by atoms with van der Waals surface area (Å²) in [4.78, 5) is 26.4. The second-order valence-corrected chi connectivity index (χ2v) is 4.69. The van der Waals surface area contributed by atoms with Gasteiger partial charge < -0.3 is 10.1 Å². The van der Waals surface area contributed by atoms with E-state index in [9.17, 15) is 14.9 Å². The van der Waals surface area contributed by atoms with Gasteiger partial charge in [0.25, 0.3) is 5.91 Å². The molecule has 1 N–H and O–H groups in total. The lowest BCUT2D eigenvalue weighted by molar-refractivity contribution is -0.386. The fraction of sp³-hybridized carbons (Fsp3) is 0.200. The van der Waals surface area contributed by atoms with Gasteiger partial charge >= 0.3 is 5.69 Å². The second-order valence-electron chi connectivity index (χ2n) is 4.69. The van der Waals surface area contributed by atoms with Crippen LogP contribution in [0.4, 0.5) is 11.5 Å². The van der Waals surface area contributed by atoms with Crippen molar-refractivity contribution in [2.24, 2.45) is 0 Å². The Labute approximate surface area is 127 Å². The summed E-state index contributed by atoms with van der Waals surface area (Å²) in [7, 11) is 0. The minimum absolute atomic E-state index is 0.0485. The van der Waals surface area contributed by atoms with Crippen LogP contribution in [0, 0.1) is 17.0 Å². The molecule has 2 rings (SSSR count). The van der Waals surface area contributed by atoms with Gasteiger partial charge in [0.1, 0.15) is 5.82 Å². The lowest BCUT2D eigenvalue weighted by Gasteiger charge is -2.14. The number of para-hydroxylation sites is 2. The van der Waals surface area contributed by atoms with E-state index in [1.807, 2.05) is 13.0 Å². The molecule has 1 heterocycles. The molecule has 0 spiro atoms. The molecule has 1 atom stereocenters. The Morgan fingerprint density at radius 1 is 1.36 bits per heavy atom. The molecule has 2 aromatic rings. The molecule has 1 aromatic heterocycles. The Kier molecular flexibility index (Phi) is 4.67. The van der Waals surface area contributed by atoms with E-state index in [0.717, 1.165) is 5.56 Å². The second kappa shape index (κ2) is 6.66. The van der Waals surface area contributed by atoms with E-state index >= 15 is 0 Å². The van der Waals surface area contributed by atoms with Crippen LogP contribution in [0.3, 0.4) is 0 Å². The molecule has 7 nitrogen and oxygen atoms in total. The number of nitro benzene ring substituents is 1. The Morgan fingerprint density at radius 3 is 2.77 bits per heavy atom. The van der Waals surface area contributed by atoms with Crippen molar-refractivity contribution in [1.82, 2.24) is 4.98 Å². The maximum Gasteiger partial charge on any atom is 0.310 e. The number of amides is 1. The molecule has 1 aromatic carbocycles. The summed E-state index contributed by atoms with van der Waals surface area (Å²) in [6, 6.07) is 9.44. The molecular formula is C15H15N3O4. The fourth-order valence-corrected chi connectivity index (χ4v) is 1.78. The lowest BCUT2D eigenvalue weighted by Crippen LogP contribution is -2.30. The Balaban J connectivity index is 2.07. The van der Waals surface area contributed by atoms with E-state index in [2.05, 4.69) is 10.3 Å². The van der Waals surface area contributed by atoms with Gasteiger partial charge in [-0.2, -0.15) is 0 Å². The Bertz CT molecular complexity index is 703. The lowest BCUT2D eigenvalue weighted by atomic mass is 10.3. The standard InChI is InChI=1S/C15H15N3O4/c1-10-7-8-16-14(9-10)17-15(19)11(2)22-13-6-4-3-5-12(13)18(20)21/h3-9,11H,1-2H3,(H,16,17,19)/t11-/m0/s1. The van der Waals surface area contributed by atoms with E-state index in [4.69, 9.17) is 4.74 Å². The van der Waals surface area contributed by atoms with Crippen LogP contribution in [0.2, 0.25) is 0 Å². The number of hydrogen-bond donors (Lipinski definition) is 1. The van der Waals surface area contributed by atoms with Crippen molar-refractivity contribution in [2.75, 3.05) is 5.32 Å². The van der Waals surface area contributed by atoms with Crippen LogP contribution in [0.15, 0.2) is 42.6 Å². The van der Waals surface area contributed by atoms with Gasteiger partial charge in [0, 0.05) is 12.3 Å². The third-order valence-corrected chi connectivity index (χ3v) is 2.90. The number of aryl methyl sites for hydroxylation is 1. The minimum atomic E-state index is -0.900. The van der Waals surface area contributed by atoms with Crippen molar-refractivity contribution in [3.8, 4) is 5.75 Å². The molecule has 0 bridgehead atoms. The zero-order chi connectivity index (χ0) is 16.1. The zero-order valence-corrected chi connectivity index (χ0v) is 12.1. The first-order chi connectivity index (χ1) is 10.5. The van der Waals surface area contributed by atoms with Crippen LogP contribution in [0.1, 0.15) is 12.5 Å². The molecule has 0 saturated carbocycles. The van der Waals surface area contributed by atoms with Crippen LogP contribution in [0.25, 0.3) is 0 Å². The van der Waals surface area contributed by atoms with Crippen molar-refractivity contribution < 1.29 is 14.5 Å². The largest absolute Gasteiger partial charge is 0.474 e. The summed E-state index contributed by atoms with van der Waals surface area (Å²) in [6.45, 7) is 3.40. The van der Waals surface area contributed by atoms with Gasteiger partial charge in [0.2, 0.25) is 0 Å². The van der Waals surface area contributed by atoms with E-state index in [-0.39, 0.29) is 11.4 Å². The molecule has 0 unspecified atom stereocenters. The number of anilines is 1. The number of nitrogens with one attached hydrogen (secondary N) is 1. The smallest absolute Gasteiger partial charge is 0.310 e. The summed E-state index contributed by atoms with van der Waals surface area (Å²) in [5, 5.41) is 13.5. The number of benzene rings is 1. The predicted octanol–water partition coefficient (Wildman–Crippen LogP) is 2.70. The summed E-state index contributed by atoms with van der Waals surface area (Å²) in [6.07, 6.45) is 0.682. The van der Waals surface area contributed by atoms with Crippen molar-refractivity contribution in [3.05, 3.63) is 58.3 Å². The van der Waals surface area contributed by atoms with Gasteiger partial charge in [-0.05, 0) is 37.6 Å². The van der Waals surface area contributed by atoms with E-state index in [0.29, 0.717) is 5.82 Å². The van der Waals surface area contributed by atoms with E-state index in [1.54, 1.807) is 18.3 Å². The number of pyridine rings is 1. The van der Waals surface area contributed by atoms with Crippen molar-refractivity contribution in [1.29, 1.82) is 0 Å². The van der Waals surface area contributed by atoms with E-state index in [1.165, 1.54) is 25.1 Å². The highest BCUT2D eigenvalue weighted by atomic mass is 16.6. The summed E-state index contributed by atoms with van der Waals surface area (Å²) >= 11 is 0. The molecule has 1 amide bonds. The molecule has 0 saturated heterocycles. The highest BCUT2D eigenvalue weighted by molar-refractivity contribution is 5.93. The van der Waals surface area contributed by atoms with Gasteiger partial charge in [-0.25, -0.2) is 4.98 Å². The first-order valence-electron chi connectivity index (χ1n) is 6.61. The summed E-state index contributed by atoms with van der Waals surface area (Å²) in [5.74, 6) is 0.0200. The van der Waals surface area contributed by atoms with Crippen LogP contribution in [-0.2, 0) is 4.79 Å². The molecule has 7 heteroatoms. The molecule has 0 aliphatic heterocycles. The number of aromatic nitrogens is 1. The number of carbonyl (C=O) groups is 1. The fourth-order valence-electron chi connectivity index (χ4n) is 1.78. The van der Waals surface area contributed by atoms with Gasteiger partial charge in [-0.1, -0.05) is 12.1 Å². The minimum Gasteiger partial charge on any atom is -0.474 e. The maximum absolute atomic E-state index is 12.1. The molecule has 0 aliphatic rings. The normalized spacial score (nSPS) is 11.5. The number of carbonyl (C=O) groups excluding carboxylic acids is 1. The van der Waals surface area contributed by atoms with Crippen molar-refractivity contribution >= 4 is 17.4 Å². The zero-order valence-electron chi connectivity index (χ0n) is 12.1. The molecule has 0 radical (unpaired) electrons. The van der Waals surface area contributed by atoms with E-state index < -0.39 is 16.9 Å². The number of nitro groups is 1. The van der Waals surface area contributed by atoms with Crippen LogP contribution >= 0.6 is 0 Å². The number of hydrogen-bond acceptors (Lipinski definition) is 5. The van der Waals surface area contributed by atoms with Gasteiger partial charge in [-0.15, -0.1) is 0 Å². The van der Waals surface area contributed by atoms with Crippen LogP contribution in [0.5, 0.6) is 5.75 Å². The maximum atomic E-state index is 12.1. The average Bonchev–Trinajstić information content (AvgIpc) is 2.47. The first kappa shape index (κ1) is 15.4. The topological polar surface area (TPSA) is 94.4 Å². The molecule has 0 fully saturated rings. The highest BCUT2D eigenvalue weighted by Gasteiger charge is 2.20. The SMILES string of the molecule is Cc1ccnc(NC(=O)[C@H](C)Oc2ccccc2[N+](=O)[O-])c1. The van der Waals surface area contributed by atoms with Gasteiger partial charge in [0.05, 0.1) is 4.92 Å². The summed E-state index contributed by atoms with van der Waals surface area (Å²) in [5.41, 5.74) is 0.772. The summed E-state index contributed by atoms with van der Waals surface area (Å²) < 4.78 is 5.39. The number of nitrogens with zero attached hydrogens (tertiary/aromatic N) is 2. The first-order valence-corrected chi connectivity index (χ1v) is 6.61. The Morgan fingerprint density at radius 2 is 2.09 bits per heavy atom. The number of rotatable bonds is 5. The third kappa shape index (κ3) is 3.78. The van der Waals surface area contributed by atoms with Crippen molar-refractivity contribution in [2.45, 2.75) is 20.0 Å². The predicted molar refractivity (Wildman–Crippen MR) is 80.8 cm³/mol. The van der Waals surface area contributed by atoms with Crippen LogP contribution in [-0.4, -0.2) is 21.9 Å². The van der Waals surface area contributed by atoms with Gasteiger partial charge in [-0.3, -0.25) is 14.9 Å². The van der Waals surface area contributed by atoms with Gasteiger partial charge in [0.15, 0.2) is 11.9 Å². The molecular weight excluding hydrogens is 286 g/mol. The monoisotopic (exact) mass is 301 g/mol. The van der Waals surface area contributed by atoms with Crippen LogP contribution < -0.4 is 10.1 Å². The third-order valence-electron chi connectivity index (χ3n) is 2.90. The highest BCUT2D eigenvalue weighted by Crippen LogP contribution is 2.26. The molecule has 0 aliphatic carbocycles. The molecule has 22 heavy (non-hydrogen) atoms. The average molecular weight is 301 g/mol. The molecule has 114 valence electrons.